The minimum atomic E-state index is -0.614. The molecule has 1 aliphatic rings. The van der Waals surface area contributed by atoms with Crippen LogP contribution in [0.2, 0.25) is 0 Å². The molecule has 2 amide bonds. The number of fused-ring (bicyclic) bond motifs is 3. The van der Waals surface area contributed by atoms with E-state index in [0.29, 0.717) is 69.6 Å². The number of esters is 1. The molecular formula is C68H108N6O9P2S2. The van der Waals surface area contributed by atoms with Crippen LogP contribution in [0.3, 0.4) is 0 Å². The molecule has 486 valence electrons. The van der Waals surface area contributed by atoms with Gasteiger partial charge < -0.3 is 30.7 Å². The SMILES string of the molecule is C=CCOC(=O)NCCC[C@@H](NC)C(=O)CC.CCC(=O)[C@@H](CCCN)N(C)C.CCCCC[C@H](C(=O)CC)N(C)C.CCCCC[C@H](C(=O)CC)N(C)C(=O)[C@H](CC(=O)OCC1c2ccccc2-c2ccccc21)Cc1ccc(C)cc1.S=PP=S. The van der Waals surface area contributed by atoms with Gasteiger partial charge in [-0.3, -0.25) is 38.6 Å². The van der Waals surface area contributed by atoms with E-state index < -0.39 is 24.0 Å². The Bertz CT molecular complexity index is 2450. The van der Waals surface area contributed by atoms with Gasteiger partial charge in [0, 0.05) is 59.3 Å². The molecule has 0 saturated carbocycles. The minimum Gasteiger partial charge on any atom is -0.465 e. The topological polar surface area (TPSA) is 198 Å². The van der Waals surface area contributed by atoms with Crippen molar-refractivity contribution in [3.63, 3.8) is 0 Å². The van der Waals surface area contributed by atoms with Crippen molar-refractivity contribution in [3.8, 4) is 11.1 Å². The number of carbonyl (C=O) groups is 7. The molecule has 19 heteroatoms. The number of ketones is 4. The lowest BCUT2D eigenvalue weighted by Gasteiger charge is -2.30. The number of unbranched alkanes of at least 4 members (excludes halogenated alkanes) is 4. The van der Waals surface area contributed by atoms with Gasteiger partial charge in [-0.15, -0.1) is 0 Å². The summed E-state index contributed by atoms with van der Waals surface area (Å²) in [5.74, 6) is -0.275. The zero-order valence-corrected chi connectivity index (χ0v) is 58.5. The van der Waals surface area contributed by atoms with Crippen LogP contribution in [0.25, 0.3) is 11.1 Å². The van der Waals surface area contributed by atoms with Crippen LogP contribution in [-0.4, -0.2) is 149 Å². The van der Waals surface area contributed by atoms with Crippen molar-refractivity contribution < 1.29 is 43.0 Å². The maximum atomic E-state index is 13.9. The lowest BCUT2D eigenvalue weighted by Crippen LogP contribution is -2.46. The summed E-state index contributed by atoms with van der Waals surface area (Å²) in [6, 6.07) is 24.2. The van der Waals surface area contributed by atoms with Gasteiger partial charge >= 0.3 is 12.1 Å². The van der Waals surface area contributed by atoms with E-state index in [0.717, 1.165) is 81.3 Å². The summed E-state index contributed by atoms with van der Waals surface area (Å²) in [5, 5.41) is 5.57. The van der Waals surface area contributed by atoms with Gasteiger partial charge in [0.15, 0.2) is 5.78 Å². The number of hydrogen-bond acceptors (Lipinski definition) is 15. The summed E-state index contributed by atoms with van der Waals surface area (Å²) in [7, 11) is 13.1. The molecule has 0 saturated heterocycles. The fraction of sp³-hybridized carbons (Fsp3) is 0.603. The number of likely N-dealkylation sites (N-methyl/N-ethyl adjacent to an activating group) is 4. The molecule has 0 bridgehead atoms. The predicted octanol–water partition coefficient (Wildman–Crippen LogP) is 13.4. The molecule has 0 radical (unpaired) electrons. The Kier molecular flexibility index (Phi) is 47.2. The number of aryl methyl sites for hydroxylation is 1. The lowest BCUT2D eigenvalue weighted by atomic mass is 9.92. The predicted molar refractivity (Wildman–Crippen MR) is 367 cm³/mol. The number of Topliss-reactive ketones (excluding diaryl/α,β-unsaturated/α-hetero) is 4. The van der Waals surface area contributed by atoms with Crippen molar-refractivity contribution in [2.75, 3.05) is 68.6 Å². The van der Waals surface area contributed by atoms with E-state index in [1.807, 2.05) is 121 Å². The van der Waals surface area contributed by atoms with Crippen LogP contribution < -0.4 is 16.4 Å². The first-order chi connectivity index (χ1) is 41.7. The molecule has 4 N–H and O–H groups in total. The van der Waals surface area contributed by atoms with Gasteiger partial charge in [-0.05, 0) is 145 Å². The van der Waals surface area contributed by atoms with E-state index in [2.05, 4.69) is 78.9 Å². The maximum absolute atomic E-state index is 13.9. The van der Waals surface area contributed by atoms with Gasteiger partial charge in [0.1, 0.15) is 30.6 Å². The first-order valence-electron chi connectivity index (χ1n) is 31.3. The molecular weight excluding hydrogens is 1170 g/mol. The second-order valence-electron chi connectivity index (χ2n) is 22.1. The first kappa shape index (κ1) is 82.2. The Morgan fingerprint density at radius 3 is 1.54 bits per heavy atom. The number of amides is 2. The number of nitrogens with zero attached hydrogens (tertiary/aromatic N) is 3. The fourth-order valence-electron chi connectivity index (χ4n) is 10.1. The molecule has 3 aromatic carbocycles. The highest BCUT2D eigenvalue weighted by Crippen LogP contribution is 2.44. The van der Waals surface area contributed by atoms with Crippen molar-refractivity contribution in [1.29, 1.82) is 0 Å². The normalized spacial score (nSPS) is 13.0. The van der Waals surface area contributed by atoms with Gasteiger partial charge in [-0.25, -0.2) is 4.79 Å². The van der Waals surface area contributed by atoms with Gasteiger partial charge in [0.05, 0.1) is 36.5 Å². The molecule has 87 heavy (non-hydrogen) atoms. The Morgan fingerprint density at radius 1 is 0.632 bits per heavy atom. The highest BCUT2D eigenvalue weighted by molar-refractivity contribution is 8.40. The Balaban J connectivity index is 0.00000132. The number of carbonyl (C=O) groups excluding carboxylic acids is 7. The fourth-order valence-corrected chi connectivity index (χ4v) is 10.1. The van der Waals surface area contributed by atoms with Gasteiger partial charge in [-0.1, -0.05) is 171 Å². The van der Waals surface area contributed by atoms with Gasteiger partial charge in [-0.2, -0.15) is 0 Å². The Labute approximate surface area is 537 Å². The summed E-state index contributed by atoms with van der Waals surface area (Å²) < 4.78 is 10.6. The second kappa shape index (κ2) is 50.0. The van der Waals surface area contributed by atoms with Crippen LogP contribution in [0, 0.1) is 12.8 Å². The number of nitrogens with one attached hydrogen (secondary N) is 2. The van der Waals surface area contributed by atoms with E-state index >= 15 is 0 Å². The third kappa shape index (κ3) is 33.0. The molecule has 15 nitrogen and oxygen atoms in total. The molecule has 0 fully saturated rings. The largest absolute Gasteiger partial charge is 0.465 e. The lowest BCUT2D eigenvalue weighted by molar-refractivity contribution is -0.150. The maximum Gasteiger partial charge on any atom is 0.407 e. The highest BCUT2D eigenvalue weighted by atomic mass is 32.7. The third-order valence-electron chi connectivity index (χ3n) is 15.2. The average Bonchev–Trinajstić information content (AvgIpc) is 1.79. The van der Waals surface area contributed by atoms with Crippen molar-refractivity contribution in [2.45, 2.75) is 194 Å². The van der Waals surface area contributed by atoms with Crippen molar-refractivity contribution in [2.24, 2.45) is 11.7 Å². The number of ether oxygens (including phenoxy) is 2. The number of benzene rings is 3. The summed E-state index contributed by atoms with van der Waals surface area (Å²) in [4.78, 5) is 91.0. The molecule has 4 rings (SSSR count). The quantitative estimate of drug-likeness (QED) is 0.0213. The standard InChI is InChI=1S/C36H43NO4.C12H22N2O3.C11H23NO.C9H20N2O.P2S2/c1-5-7-8-17-33(34(38)6-2)37(4)36(40)27(22-26-20-18-25(3)19-21-26)23-35(39)41-24-32-30-15-11-9-13-28(30)29-14-10-12-16-31(29)32;1-4-9-17-12(16)14-8-6-7-10(13-3)11(15)5-2;1-5-7-8-9-10(12(3)4)11(13)6-2;1-4-9(12)8(11(2)3)6-5-7-10;3-1-2-4/h9-16,18-21,27,32-33H,5-8,17,22-24H2,1-4H3;4,10,13H,1,5-9H2,2-3H3,(H,14,16);10H,5-9H2,1-4H3;8H,4-7,10H2,1-3H3;/t27-,33+;2*10-;8-;/m0111./s1. The smallest absolute Gasteiger partial charge is 0.407 e. The average molecular weight is 1280 g/mol. The Hall–Kier alpha value is -4.83. The summed E-state index contributed by atoms with van der Waals surface area (Å²) in [6.45, 7) is 18.9. The van der Waals surface area contributed by atoms with Gasteiger partial charge in [0.25, 0.3) is 0 Å². The number of rotatable bonds is 37. The van der Waals surface area contributed by atoms with E-state index in [-0.39, 0.29) is 61.2 Å². The molecule has 0 spiro atoms. The highest BCUT2D eigenvalue weighted by Gasteiger charge is 2.34. The minimum absolute atomic E-state index is 0.0327. The van der Waals surface area contributed by atoms with Crippen LogP contribution >= 0.6 is 14.1 Å². The Morgan fingerprint density at radius 2 is 1.10 bits per heavy atom. The van der Waals surface area contributed by atoms with E-state index in [9.17, 15) is 33.6 Å². The molecule has 0 unspecified atom stereocenters. The molecule has 0 aliphatic heterocycles. The number of alkyl carbamates (subject to hydrolysis) is 1. The molecule has 3 aromatic rings. The number of nitrogens with two attached hydrogens (primary N) is 1. The molecule has 5 atom stereocenters. The van der Waals surface area contributed by atoms with E-state index in [1.54, 1.807) is 19.0 Å². The zero-order chi connectivity index (χ0) is 65.7. The first-order valence-corrected chi connectivity index (χ1v) is 35.8. The van der Waals surface area contributed by atoms with Crippen molar-refractivity contribution >= 4 is 78.8 Å². The summed E-state index contributed by atoms with van der Waals surface area (Å²) >= 11 is 8.82. The summed E-state index contributed by atoms with van der Waals surface area (Å²) in [6.07, 6.45) is 15.1. The molecule has 1 aliphatic carbocycles. The monoisotopic (exact) mass is 1280 g/mol. The van der Waals surface area contributed by atoms with Gasteiger partial charge in [0.2, 0.25) is 5.91 Å². The van der Waals surface area contributed by atoms with E-state index in [1.165, 1.54) is 36.5 Å². The third-order valence-corrected chi connectivity index (χ3v) is 17.9. The van der Waals surface area contributed by atoms with Crippen LogP contribution in [0.1, 0.15) is 179 Å². The van der Waals surface area contributed by atoms with Crippen LogP contribution in [-0.2, 0) is 68.3 Å². The van der Waals surface area contributed by atoms with Crippen molar-refractivity contribution in [1.82, 2.24) is 25.3 Å². The van der Waals surface area contributed by atoms with E-state index in [4.69, 9.17) is 15.2 Å². The second-order valence-corrected chi connectivity index (χ2v) is 26.3. The molecule has 0 aromatic heterocycles. The molecule has 0 heterocycles. The summed E-state index contributed by atoms with van der Waals surface area (Å²) in [5.41, 5.74) is 12.2. The van der Waals surface area contributed by atoms with Crippen molar-refractivity contribution in [3.05, 3.63) is 108 Å². The van der Waals surface area contributed by atoms with Crippen LogP contribution in [0.15, 0.2) is 85.5 Å². The van der Waals surface area contributed by atoms with Crippen LogP contribution in [0.4, 0.5) is 4.79 Å². The van der Waals surface area contributed by atoms with Crippen LogP contribution in [0.5, 0.6) is 0 Å². The number of hydrogen-bond donors (Lipinski definition) is 3. The zero-order valence-electron chi connectivity index (χ0n) is 55.0.